The fraction of sp³-hybridized carbons (Fsp3) is 0.227. The summed E-state index contributed by atoms with van der Waals surface area (Å²) in [6.07, 6.45) is 0. The zero-order valence-electron chi connectivity index (χ0n) is 17.5. The molecule has 2 heterocycles. The van der Waals surface area contributed by atoms with Crippen molar-refractivity contribution in [2.45, 2.75) is 25.5 Å². The summed E-state index contributed by atoms with van der Waals surface area (Å²) in [5.41, 5.74) is 4.27. The summed E-state index contributed by atoms with van der Waals surface area (Å²) in [5.74, 6) is 1.38. The van der Waals surface area contributed by atoms with E-state index in [0.717, 1.165) is 16.7 Å². The number of carbonyl (C=O) groups is 1. The molecule has 9 heteroatoms. The Kier molecular flexibility index (Phi) is 6.13. The fourth-order valence-electron chi connectivity index (χ4n) is 2.85. The highest BCUT2D eigenvalue weighted by molar-refractivity contribution is 7.99. The second-order valence-electron chi connectivity index (χ2n) is 7.21. The van der Waals surface area contributed by atoms with Crippen LogP contribution in [0, 0.1) is 13.8 Å². The first-order valence-electron chi connectivity index (χ1n) is 9.75. The van der Waals surface area contributed by atoms with Crippen LogP contribution in [0.1, 0.15) is 16.7 Å². The zero-order valence-corrected chi connectivity index (χ0v) is 18.3. The van der Waals surface area contributed by atoms with E-state index >= 15 is 0 Å². The van der Waals surface area contributed by atoms with Gasteiger partial charge in [0.15, 0.2) is 5.16 Å². The maximum absolute atomic E-state index is 12.2. The van der Waals surface area contributed by atoms with Crippen LogP contribution in [0.4, 0.5) is 0 Å². The highest BCUT2D eigenvalue weighted by Gasteiger charge is 2.19. The van der Waals surface area contributed by atoms with Gasteiger partial charge < -0.3 is 14.4 Å². The molecule has 0 bridgehead atoms. The molecule has 0 spiro atoms. The first-order valence-corrected chi connectivity index (χ1v) is 10.7. The van der Waals surface area contributed by atoms with Crippen molar-refractivity contribution in [2.75, 3.05) is 5.75 Å². The van der Waals surface area contributed by atoms with Gasteiger partial charge in [0.25, 0.3) is 5.89 Å². The number of benzene rings is 2. The van der Waals surface area contributed by atoms with Crippen LogP contribution in [0.15, 0.2) is 58.2 Å². The van der Waals surface area contributed by atoms with Gasteiger partial charge in [-0.1, -0.05) is 76.6 Å². The van der Waals surface area contributed by atoms with Crippen molar-refractivity contribution in [2.24, 2.45) is 7.05 Å². The minimum atomic E-state index is -0.0745. The normalized spacial score (nSPS) is 10.9. The number of nitrogens with zero attached hydrogens (tertiary/aromatic N) is 5. The molecule has 2 aromatic heterocycles. The third kappa shape index (κ3) is 5.00. The average molecular weight is 435 g/mol. The molecule has 0 fully saturated rings. The lowest BCUT2D eigenvalue weighted by Gasteiger charge is -2.05. The monoisotopic (exact) mass is 434 g/mol. The van der Waals surface area contributed by atoms with Gasteiger partial charge in [-0.25, -0.2) is 0 Å². The predicted octanol–water partition coefficient (Wildman–Crippen LogP) is 3.56. The molecule has 0 aliphatic rings. The van der Waals surface area contributed by atoms with Gasteiger partial charge in [0.2, 0.25) is 17.6 Å². The van der Waals surface area contributed by atoms with Crippen molar-refractivity contribution in [3.8, 4) is 23.1 Å². The van der Waals surface area contributed by atoms with Crippen LogP contribution in [0.2, 0.25) is 0 Å². The lowest BCUT2D eigenvalue weighted by molar-refractivity contribution is -0.118. The molecule has 0 saturated carbocycles. The predicted molar refractivity (Wildman–Crippen MR) is 118 cm³/mol. The summed E-state index contributed by atoms with van der Waals surface area (Å²) >= 11 is 1.30. The Labute approximate surface area is 184 Å². The van der Waals surface area contributed by atoms with Crippen molar-refractivity contribution in [3.63, 3.8) is 0 Å². The number of aryl methyl sites for hydroxylation is 2. The van der Waals surface area contributed by atoms with E-state index in [0.29, 0.717) is 23.4 Å². The van der Waals surface area contributed by atoms with Crippen molar-refractivity contribution >= 4 is 17.7 Å². The highest BCUT2D eigenvalue weighted by atomic mass is 32.2. The molecule has 4 rings (SSSR count). The third-order valence-electron chi connectivity index (χ3n) is 4.70. The largest absolute Gasteiger partial charge is 0.351 e. The van der Waals surface area contributed by atoms with Gasteiger partial charge in [0.05, 0.1) is 5.75 Å². The van der Waals surface area contributed by atoms with Gasteiger partial charge in [-0.15, -0.1) is 10.2 Å². The van der Waals surface area contributed by atoms with E-state index in [2.05, 4.69) is 25.7 Å². The van der Waals surface area contributed by atoms with E-state index in [-0.39, 0.29) is 17.6 Å². The Morgan fingerprint density at radius 3 is 2.42 bits per heavy atom. The Bertz CT molecular complexity index is 1180. The molecule has 0 atom stereocenters. The Morgan fingerprint density at radius 2 is 1.71 bits per heavy atom. The van der Waals surface area contributed by atoms with E-state index in [4.69, 9.17) is 4.52 Å². The number of thioether (sulfide) groups is 1. The van der Waals surface area contributed by atoms with Crippen LogP contribution in [-0.2, 0) is 18.4 Å². The Morgan fingerprint density at radius 1 is 1.03 bits per heavy atom. The Hall–Kier alpha value is -3.46. The minimum absolute atomic E-state index is 0.0745. The lowest BCUT2D eigenvalue weighted by Crippen LogP contribution is -2.24. The molecular weight excluding hydrogens is 412 g/mol. The van der Waals surface area contributed by atoms with Gasteiger partial charge in [0.1, 0.15) is 0 Å². The molecule has 0 saturated heterocycles. The average Bonchev–Trinajstić information content (AvgIpc) is 3.39. The van der Waals surface area contributed by atoms with E-state index in [1.807, 2.05) is 62.4 Å². The number of rotatable bonds is 7. The molecule has 8 nitrogen and oxygen atoms in total. The molecule has 1 amide bonds. The fourth-order valence-corrected chi connectivity index (χ4v) is 3.59. The summed E-state index contributed by atoms with van der Waals surface area (Å²) in [6.45, 7) is 4.55. The number of hydrogen-bond acceptors (Lipinski definition) is 7. The summed E-state index contributed by atoms with van der Waals surface area (Å²) in [5, 5.41) is 15.8. The zero-order chi connectivity index (χ0) is 21.8. The molecular formula is C22H22N6O2S. The van der Waals surface area contributed by atoms with Crippen molar-refractivity contribution in [1.29, 1.82) is 0 Å². The maximum Gasteiger partial charge on any atom is 0.296 e. The van der Waals surface area contributed by atoms with Gasteiger partial charge in [0, 0.05) is 19.2 Å². The van der Waals surface area contributed by atoms with Crippen molar-refractivity contribution in [1.82, 2.24) is 30.2 Å². The van der Waals surface area contributed by atoms with Crippen LogP contribution in [0.3, 0.4) is 0 Å². The number of hydrogen-bond donors (Lipinski definition) is 1. The maximum atomic E-state index is 12.2. The van der Waals surface area contributed by atoms with Crippen molar-refractivity contribution in [3.05, 3.63) is 65.2 Å². The molecule has 0 unspecified atom stereocenters. The van der Waals surface area contributed by atoms with Gasteiger partial charge in [-0.3, -0.25) is 4.79 Å². The van der Waals surface area contributed by atoms with Crippen molar-refractivity contribution < 1.29 is 9.32 Å². The quantitative estimate of drug-likeness (QED) is 0.444. The molecule has 0 aliphatic carbocycles. The van der Waals surface area contributed by atoms with Gasteiger partial charge >= 0.3 is 0 Å². The number of aromatic nitrogens is 5. The van der Waals surface area contributed by atoms with Crippen LogP contribution >= 0.6 is 11.8 Å². The smallest absolute Gasteiger partial charge is 0.296 e. The molecule has 0 aliphatic heterocycles. The highest BCUT2D eigenvalue weighted by Crippen LogP contribution is 2.24. The summed E-state index contributed by atoms with van der Waals surface area (Å²) in [6, 6.07) is 15.9. The van der Waals surface area contributed by atoms with Crippen LogP contribution < -0.4 is 5.32 Å². The van der Waals surface area contributed by atoms with Crippen LogP contribution in [0.25, 0.3) is 23.1 Å². The first-order chi connectivity index (χ1) is 15.0. The molecule has 2 aromatic carbocycles. The molecule has 0 radical (unpaired) electrons. The second-order valence-corrected chi connectivity index (χ2v) is 8.15. The van der Waals surface area contributed by atoms with Crippen LogP contribution in [0.5, 0.6) is 0 Å². The second kappa shape index (κ2) is 9.13. The summed E-state index contributed by atoms with van der Waals surface area (Å²) in [7, 11) is 1.80. The van der Waals surface area contributed by atoms with Crippen LogP contribution in [-0.4, -0.2) is 36.6 Å². The van der Waals surface area contributed by atoms with Gasteiger partial charge in [-0.2, -0.15) is 4.98 Å². The summed E-state index contributed by atoms with van der Waals surface area (Å²) in [4.78, 5) is 16.6. The lowest BCUT2D eigenvalue weighted by atomic mass is 10.1. The Balaban J connectivity index is 1.36. The SMILES string of the molecule is Cc1ccc(CNC(=O)CSc2nnc(-c3nc(-c4ccc(C)cc4)no3)n2C)cc1. The molecule has 31 heavy (non-hydrogen) atoms. The standard InChI is InChI=1S/C22H22N6O2S/c1-14-4-8-16(9-5-14)12-23-18(29)13-31-22-26-25-20(28(22)3)21-24-19(27-30-21)17-10-6-15(2)7-11-17/h4-11H,12-13H2,1-3H3,(H,23,29). The molecule has 158 valence electrons. The van der Waals surface area contributed by atoms with Gasteiger partial charge in [-0.05, 0) is 19.4 Å². The minimum Gasteiger partial charge on any atom is -0.351 e. The summed E-state index contributed by atoms with van der Waals surface area (Å²) < 4.78 is 7.12. The molecule has 4 aromatic rings. The number of amides is 1. The number of carbonyl (C=O) groups excluding carboxylic acids is 1. The topological polar surface area (TPSA) is 98.7 Å². The van der Waals surface area contributed by atoms with E-state index in [9.17, 15) is 4.79 Å². The third-order valence-corrected chi connectivity index (χ3v) is 5.72. The molecule has 1 N–H and O–H groups in total. The van der Waals surface area contributed by atoms with E-state index < -0.39 is 0 Å². The number of nitrogens with one attached hydrogen (secondary N) is 1. The first kappa shape index (κ1) is 20.8. The van der Waals surface area contributed by atoms with E-state index in [1.165, 1.54) is 17.3 Å². The van der Waals surface area contributed by atoms with E-state index in [1.54, 1.807) is 11.6 Å².